The van der Waals surface area contributed by atoms with Crippen molar-refractivity contribution in [1.82, 2.24) is 0 Å². The van der Waals surface area contributed by atoms with Crippen molar-refractivity contribution in [2.45, 2.75) is 17.4 Å². The molecule has 1 nitrogen and oxygen atoms in total. The molecule has 1 heterocycles. The van der Waals surface area contributed by atoms with Crippen LogP contribution in [0.1, 0.15) is 6.42 Å². The smallest absolute Gasteiger partial charge is 0.0495 e. The fourth-order valence-corrected chi connectivity index (χ4v) is 3.53. The summed E-state index contributed by atoms with van der Waals surface area (Å²) in [4.78, 5) is 1.27. The van der Waals surface area contributed by atoms with Gasteiger partial charge in [0, 0.05) is 27.4 Å². The Morgan fingerprint density at radius 1 is 1.53 bits per heavy atom. The van der Waals surface area contributed by atoms with E-state index < -0.39 is 0 Å². The van der Waals surface area contributed by atoms with Gasteiger partial charge in [0.05, 0.1) is 0 Å². The zero-order valence-corrected chi connectivity index (χ0v) is 11.0. The molecule has 15 heavy (non-hydrogen) atoms. The van der Waals surface area contributed by atoms with Gasteiger partial charge in [-0.1, -0.05) is 11.6 Å². The summed E-state index contributed by atoms with van der Waals surface area (Å²) in [6, 6.07) is 6.66. The van der Waals surface area contributed by atoms with Crippen molar-refractivity contribution >= 4 is 40.8 Å². The van der Waals surface area contributed by atoms with Crippen LogP contribution in [0.4, 0.5) is 5.69 Å². The first kappa shape index (κ1) is 11.5. The highest BCUT2D eigenvalue weighted by atomic mass is 35.5. The summed E-state index contributed by atoms with van der Waals surface area (Å²) in [5.74, 6) is 2.48. The first-order valence-corrected chi connectivity index (χ1v) is 7.73. The maximum Gasteiger partial charge on any atom is 0.0495 e. The Balaban J connectivity index is 2.14. The van der Waals surface area contributed by atoms with E-state index in [-0.39, 0.29) is 0 Å². The number of hydrogen-bond donors (Lipinski definition) is 1. The highest BCUT2D eigenvalue weighted by Crippen LogP contribution is 2.30. The Kier molecular flexibility index (Phi) is 4.12. The quantitative estimate of drug-likeness (QED) is 0.825. The summed E-state index contributed by atoms with van der Waals surface area (Å²) < 4.78 is 0. The molecule has 0 amide bonds. The number of anilines is 1. The Labute approximate surface area is 104 Å². The van der Waals surface area contributed by atoms with Gasteiger partial charge in [0.25, 0.3) is 0 Å². The Morgan fingerprint density at radius 2 is 2.40 bits per heavy atom. The van der Waals surface area contributed by atoms with E-state index in [1.165, 1.54) is 28.5 Å². The van der Waals surface area contributed by atoms with Crippen LogP contribution >= 0.6 is 35.1 Å². The van der Waals surface area contributed by atoms with Gasteiger partial charge in [0.1, 0.15) is 0 Å². The standard InChI is InChI=1S/C11H14ClNS2/c1-14-11-3-2-8(12)6-10(11)13-9-4-5-15-7-9/h2-3,6,9,13H,4-5,7H2,1H3. The van der Waals surface area contributed by atoms with E-state index in [9.17, 15) is 0 Å². The molecule has 0 aliphatic carbocycles. The largest absolute Gasteiger partial charge is 0.381 e. The van der Waals surface area contributed by atoms with Crippen LogP contribution in [0, 0.1) is 0 Å². The maximum absolute atomic E-state index is 6.00. The lowest BCUT2D eigenvalue weighted by Gasteiger charge is -2.15. The molecule has 2 rings (SSSR count). The third-order valence-corrected chi connectivity index (χ3v) is 4.64. The number of benzene rings is 1. The second-order valence-corrected chi connectivity index (χ2v) is 5.98. The van der Waals surface area contributed by atoms with E-state index in [1.54, 1.807) is 11.8 Å². The summed E-state index contributed by atoms with van der Waals surface area (Å²) in [5, 5.41) is 4.38. The van der Waals surface area contributed by atoms with Crippen LogP contribution in [0.15, 0.2) is 23.1 Å². The fourth-order valence-electron chi connectivity index (χ4n) is 1.66. The van der Waals surface area contributed by atoms with Crippen molar-refractivity contribution in [2.24, 2.45) is 0 Å². The molecule has 0 radical (unpaired) electrons. The molecule has 0 bridgehead atoms. The lowest BCUT2D eigenvalue weighted by Crippen LogP contribution is -2.18. The summed E-state index contributed by atoms with van der Waals surface area (Å²) in [6.45, 7) is 0. The first-order valence-electron chi connectivity index (χ1n) is 4.97. The molecule has 1 saturated heterocycles. The highest BCUT2D eigenvalue weighted by molar-refractivity contribution is 7.99. The number of rotatable bonds is 3. The Morgan fingerprint density at radius 3 is 3.07 bits per heavy atom. The molecule has 1 aromatic carbocycles. The predicted octanol–water partition coefficient (Wildman–Crippen LogP) is 3.98. The minimum Gasteiger partial charge on any atom is -0.381 e. The minimum absolute atomic E-state index is 0.611. The second-order valence-electron chi connectivity index (χ2n) is 3.55. The van der Waals surface area contributed by atoms with Gasteiger partial charge in [-0.2, -0.15) is 11.8 Å². The zero-order chi connectivity index (χ0) is 10.7. The van der Waals surface area contributed by atoms with Crippen LogP contribution < -0.4 is 5.32 Å². The van der Waals surface area contributed by atoms with Gasteiger partial charge < -0.3 is 5.32 Å². The lowest BCUT2D eigenvalue weighted by atomic mass is 10.2. The van der Waals surface area contributed by atoms with Crippen molar-refractivity contribution in [3.63, 3.8) is 0 Å². The van der Waals surface area contributed by atoms with Crippen LogP contribution in [-0.4, -0.2) is 23.8 Å². The van der Waals surface area contributed by atoms with Gasteiger partial charge in [-0.25, -0.2) is 0 Å². The average Bonchev–Trinajstić information content (AvgIpc) is 2.71. The van der Waals surface area contributed by atoms with E-state index in [0.29, 0.717) is 6.04 Å². The van der Waals surface area contributed by atoms with Crippen molar-refractivity contribution < 1.29 is 0 Å². The number of nitrogens with one attached hydrogen (secondary N) is 1. The normalized spacial score (nSPS) is 20.5. The molecule has 1 aliphatic rings. The van der Waals surface area contributed by atoms with Crippen molar-refractivity contribution in [3.8, 4) is 0 Å². The molecule has 1 aromatic rings. The van der Waals surface area contributed by atoms with Gasteiger partial charge in [-0.3, -0.25) is 0 Å². The summed E-state index contributed by atoms with van der Waals surface area (Å²) in [7, 11) is 0. The van der Waals surface area contributed by atoms with Crippen molar-refractivity contribution in [2.75, 3.05) is 23.1 Å². The molecule has 0 aromatic heterocycles. The molecule has 82 valence electrons. The molecule has 1 N–H and O–H groups in total. The Hall–Kier alpha value is 0.01000. The molecule has 0 saturated carbocycles. The van der Waals surface area contributed by atoms with Crippen LogP contribution in [-0.2, 0) is 0 Å². The Bertz CT molecular complexity index is 337. The van der Waals surface area contributed by atoms with Gasteiger partial charge in [0.2, 0.25) is 0 Å². The fraction of sp³-hybridized carbons (Fsp3) is 0.455. The summed E-state index contributed by atoms with van der Waals surface area (Å²) >= 11 is 9.78. The second kappa shape index (κ2) is 5.37. The molecule has 1 fully saturated rings. The molecular weight excluding hydrogens is 246 g/mol. The van der Waals surface area contributed by atoms with E-state index in [1.807, 2.05) is 23.9 Å². The summed E-state index contributed by atoms with van der Waals surface area (Å²) in [5.41, 5.74) is 1.18. The van der Waals surface area contributed by atoms with E-state index in [2.05, 4.69) is 17.6 Å². The van der Waals surface area contributed by atoms with Gasteiger partial charge in [0.15, 0.2) is 0 Å². The zero-order valence-electron chi connectivity index (χ0n) is 8.63. The molecule has 4 heteroatoms. The van der Waals surface area contributed by atoms with Crippen LogP contribution in [0.2, 0.25) is 5.02 Å². The van der Waals surface area contributed by atoms with Crippen molar-refractivity contribution in [3.05, 3.63) is 23.2 Å². The van der Waals surface area contributed by atoms with Crippen LogP contribution in [0.3, 0.4) is 0 Å². The first-order chi connectivity index (χ1) is 7.29. The SMILES string of the molecule is CSc1ccc(Cl)cc1NC1CCSC1. The van der Waals surface area contributed by atoms with Gasteiger partial charge in [-0.05, 0) is 36.6 Å². The van der Waals surface area contributed by atoms with Crippen molar-refractivity contribution in [1.29, 1.82) is 0 Å². The van der Waals surface area contributed by atoms with Gasteiger partial charge in [-0.15, -0.1) is 11.8 Å². The number of halogens is 1. The highest BCUT2D eigenvalue weighted by Gasteiger charge is 2.16. The van der Waals surface area contributed by atoms with E-state index in [0.717, 1.165) is 5.02 Å². The monoisotopic (exact) mass is 259 g/mol. The maximum atomic E-state index is 6.00. The number of thioether (sulfide) groups is 2. The van der Waals surface area contributed by atoms with Crippen LogP contribution in [0.25, 0.3) is 0 Å². The average molecular weight is 260 g/mol. The van der Waals surface area contributed by atoms with E-state index in [4.69, 9.17) is 11.6 Å². The summed E-state index contributed by atoms with van der Waals surface area (Å²) in [6.07, 6.45) is 3.35. The predicted molar refractivity (Wildman–Crippen MR) is 72.6 cm³/mol. The van der Waals surface area contributed by atoms with E-state index >= 15 is 0 Å². The number of hydrogen-bond acceptors (Lipinski definition) is 3. The van der Waals surface area contributed by atoms with Gasteiger partial charge >= 0.3 is 0 Å². The minimum atomic E-state index is 0.611. The molecule has 0 spiro atoms. The molecule has 1 atom stereocenters. The molecule has 1 aliphatic heterocycles. The molecule has 1 unspecified atom stereocenters. The third-order valence-electron chi connectivity index (χ3n) is 2.45. The topological polar surface area (TPSA) is 12.0 Å². The van der Waals surface area contributed by atoms with Crippen LogP contribution in [0.5, 0.6) is 0 Å². The third kappa shape index (κ3) is 2.99. The molecular formula is C11H14ClNS2. The lowest BCUT2D eigenvalue weighted by molar-refractivity contribution is 0.810.